The highest BCUT2D eigenvalue weighted by atomic mass is 79.9. The maximum Gasteiger partial charge on any atom is 0.325 e. The van der Waals surface area contributed by atoms with E-state index in [0.717, 1.165) is 12.0 Å². The van der Waals surface area contributed by atoms with Gasteiger partial charge in [0.05, 0.1) is 25.2 Å². The van der Waals surface area contributed by atoms with Gasteiger partial charge in [-0.1, -0.05) is 46.3 Å². The van der Waals surface area contributed by atoms with Crippen LogP contribution in [0, 0.1) is 23.7 Å². The predicted molar refractivity (Wildman–Crippen MR) is 97.8 cm³/mol. The molecule has 0 radical (unpaired) electrons. The van der Waals surface area contributed by atoms with Gasteiger partial charge in [0.2, 0.25) is 0 Å². The monoisotopic (exact) mass is 430 g/mol. The predicted octanol–water partition coefficient (Wildman–Crippen LogP) is 3.24. The van der Waals surface area contributed by atoms with Crippen molar-refractivity contribution in [2.24, 2.45) is 23.7 Å². The van der Waals surface area contributed by atoms with E-state index in [-0.39, 0.29) is 42.1 Å². The second kappa shape index (κ2) is 5.23. The van der Waals surface area contributed by atoms with Crippen LogP contribution in [-0.2, 0) is 23.8 Å². The van der Waals surface area contributed by atoms with Crippen molar-refractivity contribution in [3.05, 3.63) is 47.0 Å². The summed E-state index contributed by atoms with van der Waals surface area (Å²) in [5.74, 6) is -0.856. The summed E-state index contributed by atoms with van der Waals surface area (Å²) in [7, 11) is 1.38. The van der Waals surface area contributed by atoms with Crippen molar-refractivity contribution in [3.8, 4) is 0 Å². The third kappa shape index (κ3) is 1.79. The van der Waals surface area contributed by atoms with Gasteiger partial charge in [-0.05, 0) is 29.0 Å². The number of methoxy groups -OCH3 is 1. The van der Waals surface area contributed by atoms with Crippen molar-refractivity contribution in [3.63, 3.8) is 0 Å². The standard InChI is InChI=1S/C21H19BrO5/c1-25-19(23)13-8-14-11-6-7-12-15(16(11)21(13,22)20(24)26-14)18-10-5-3-2-4-9(10)17(12)27-18/h2-6,12-18H,7-8H2,1H3/t12-,13+,14-,15-,16+,17-,18+,21-/m0/s1. The second-order valence-electron chi connectivity index (χ2n) is 8.24. The smallest absolute Gasteiger partial charge is 0.325 e. The molecule has 6 aliphatic rings. The summed E-state index contributed by atoms with van der Waals surface area (Å²) >= 11 is 3.72. The molecule has 7 rings (SSSR count). The first-order valence-electron chi connectivity index (χ1n) is 9.47. The van der Waals surface area contributed by atoms with Crippen LogP contribution in [0.15, 0.2) is 35.9 Å². The molecule has 1 saturated carbocycles. The van der Waals surface area contributed by atoms with Gasteiger partial charge in [-0.2, -0.15) is 0 Å². The van der Waals surface area contributed by atoms with E-state index in [0.29, 0.717) is 12.3 Å². The summed E-state index contributed by atoms with van der Waals surface area (Å²) in [6.07, 6.45) is 3.34. The molecule has 4 aliphatic heterocycles. The molecule has 8 atom stereocenters. The van der Waals surface area contributed by atoms with Crippen molar-refractivity contribution in [1.82, 2.24) is 0 Å². The molecular formula is C21H19BrO5. The number of carbonyl (C=O) groups excluding carboxylic acids is 2. The number of fused-ring (bicyclic) bond motifs is 10. The lowest BCUT2D eigenvalue weighted by Gasteiger charge is -2.56. The van der Waals surface area contributed by atoms with Crippen LogP contribution in [0.1, 0.15) is 36.2 Å². The Kier molecular flexibility index (Phi) is 3.16. The van der Waals surface area contributed by atoms with Gasteiger partial charge >= 0.3 is 11.9 Å². The average Bonchev–Trinajstić information content (AvgIpc) is 3.26. The minimum absolute atomic E-state index is 0.0372. The molecule has 27 heavy (non-hydrogen) atoms. The Morgan fingerprint density at radius 3 is 2.74 bits per heavy atom. The highest BCUT2D eigenvalue weighted by molar-refractivity contribution is 9.10. The fraction of sp³-hybridized carbons (Fsp3) is 0.524. The van der Waals surface area contributed by atoms with Gasteiger partial charge in [0.1, 0.15) is 10.4 Å². The minimum atomic E-state index is -1.08. The zero-order valence-electron chi connectivity index (χ0n) is 14.8. The Hall–Kier alpha value is -1.66. The molecule has 0 spiro atoms. The molecule has 6 heteroatoms. The fourth-order valence-corrected chi connectivity index (χ4v) is 7.36. The molecule has 0 aromatic heterocycles. The van der Waals surface area contributed by atoms with Crippen LogP contribution in [0.4, 0.5) is 0 Å². The quantitative estimate of drug-likeness (QED) is 0.388. The fourth-order valence-electron chi connectivity index (χ4n) is 6.32. The van der Waals surface area contributed by atoms with E-state index in [1.807, 2.05) is 6.07 Å². The highest BCUT2D eigenvalue weighted by Crippen LogP contribution is 2.69. The number of rotatable bonds is 1. The lowest BCUT2D eigenvalue weighted by Crippen LogP contribution is -2.66. The number of esters is 2. The van der Waals surface area contributed by atoms with Crippen LogP contribution in [-0.4, -0.2) is 29.5 Å². The minimum Gasteiger partial charge on any atom is -0.469 e. The number of hydrogen-bond donors (Lipinski definition) is 0. The van der Waals surface area contributed by atoms with Gasteiger partial charge in [0.25, 0.3) is 0 Å². The molecule has 3 saturated heterocycles. The van der Waals surface area contributed by atoms with E-state index in [1.54, 1.807) is 0 Å². The molecule has 4 heterocycles. The van der Waals surface area contributed by atoms with E-state index < -0.39 is 10.2 Å². The lowest BCUT2D eigenvalue weighted by molar-refractivity contribution is -0.179. The van der Waals surface area contributed by atoms with Crippen molar-refractivity contribution in [2.45, 2.75) is 35.5 Å². The number of ether oxygens (including phenoxy) is 3. The first-order chi connectivity index (χ1) is 13.1. The van der Waals surface area contributed by atoms with E-state index in [2.05, 4.69) is 40.2 Å². The summed E-state index contributed by atoms with van der Waals surface area (Å²) < 4.78 is 16.1. The Morgan fingerprint density at radius 2 is 2.00 bits per heavy atom. The summed E-state index contributed by atoms with van der Waals surface area (Å²) in [4.78, 5) is 25.5. The largest absolute Gasteiger partial charge is 0.469 e. The Morgan fingerprint density at radius 1 is 1.26 bits per heavy atom. The molecular weight excluding hydrogens is 412 g/mol. The summed E-state index contributed by atoms with van der Waals surface area (Å²) in [6, 6.07) is 8.38. The Balaban J connectivity index is 1.50. The Labute approximate surface area is 165 Å². The molecule has 140 valence electrons. The molecule has 4 bridgehead atoms. The average molecular weight is 431 g/mol. The molecule has 1 aromatic carbocycles. The zero-order chi connectivity index (χ0) is 18.5. The van der Waals surface area contributed by atoms with Gasteiger partial charge in [0.15, 0.2) is 0 Å². The van der Waals surface area contributed by atoms with E-state index in [4.69, 9.17) is 14.2 Å². The van der Waals surface area contributed by atoms with Crippen LogP contribution >= 0.6 is 15.9 Å². The molecule has 2 aliphatic carbocycles. The number of carbonyl (C=O) groups is 2. The van der Waals surface area contributed by atoms with E-state index >= 15 is 0 Å². The normalized spacial score (nSPS) is 45.5. The van der Waals surface area contributed by atoms with E-state index in [9.17, 15) is 9.59 Å². The summed E-state index contributed by atoms with van der Waals surface area (Å²) in [5.41, 5.74) is 3.66. The summed E-state index contributed by atoms with van der Waals surface area (Å²) in [6.45, 7) is 0. The van der Waals surface area contributed by atoms with Gasteiger partial charge in [-0.25, -0.2) is 0 Å². The van der Waals surface area contributed by atoms with Gasteiger partial charge in [-0.15, -0.1) is 0 Å². The van der Waals surface area contributed by atoms with Crippen LogP contribution in [0.2, 0.25) is 0 Å². The lowest BCUT2D eigenvalue weighted by atomic mass is 9.54. The Bertz CT molecular complexity index is 910. The SMILES string of the molecule is COC(=O)[C@H]1C[C@@H]2OC(=O)[C@@]1(Br)[C@@H]1C2=CC[C@H]2[C@@H]1[C@@H]1O[C@H]2c2ccccc21. The van der Waals surface area contributed by atoms with Gasteiger partial charge in [-0.3, -0.25) is 9.59 Å². The number of alkyl halides is 1. The zero-order valence-corrected chi connectivity index (χ0v) is 16.3. The van der Waals surface area contributed by atoms with Crippen molar-refractivity contribution in [1.29, 1.82) is 0 Å². The van der Waals surface area contributed by atoms with E-state index in [1.165, 1.54) is 18.2 Å². The topological polar surface area (TPSA) is 61.8 Å². The third-order valence-corrected chi connectivity index (χ3v) is 8.70. The maximum absolute atomic E-state index is 13.0. The third-order valence-electron chi connectivity index (χ3n) is 7.33. The van der Waals surface area contributed by atoms with Crippen molar-refractivity contribution < 1.29 is 23.8 Å². The first kappa shape index (κ1) is 16.3. The molecule has 0 N–H and O–H groups in total. The van der Waals surface area contributed by atoms with Crippen LogP contribution in [0.3, 0.4) is 0 Å². The van der Waals surface area contributed by atoms with Crippen molar-refractivity contribution in [2.75, 3.05) is 7.11 Å². The van der Waals surface area contributed by atoms with Crippen LogP contribution in [0.5, 0.6) is 0 Å². The number of hydrogen-bond acceptors (Lipinski definition) is 5. The number of allylic oxidation sites excluding steroid dienone is 1. The maximum atomic E-state index is 13.0. The molecule has 0 unspecified atom stereocenters. The van der Waals surface area contributed by atoms with Crippen molar-refractivity contribution >= 4 is 27.9 Å². The molecule has 1 aromatic rings. The highest BCUT2D eigenvalue weighted by Gasteiger charge is 2.71. The second-order valence-corrected chi connectivity index (χ2v) is 9.55. The molecule has 0 amide bonds. The number of halogens is 1. The molecule has 5 nitrogen and oxygen atoms in total. The number of benzene rings is 1. The van der Waals surface area contributed by atoms with Crippen LogP contribution < -0.4 is 0 Å². The first-order valence-corrected chi connectivity index (χ1v) is 10.3. The summed E-state index contributed by atoms with van der Waals surface area (Å²) in [5, 5.41) is 0. The van der Waals surface area contributed by atoms with Crippen LogP contribution in [0.25, 0.3) is 0 Å². The van der Waals surface area contributed by atoms with Gasteiger partial charge in [0, 0.05) is 18.3 Å². The van der Waals surface area contributed by atoms with Gasteiger partial charge < -0.3 is 14.2 Å². The molecule has 4 fully saturated rings.